The lowest BCUT2D eigenvalue weighted by molar-refractivity contribution is 0.102. The number of para-hydroxylation sites is 1. The van der Waals surface area contributed by atoms with Crippen LogP contribution in [0.5, 0.6) is 11.5 Å². The lowest BCUT2D eigenvalue weighted by Crippen LogP contribution is -2.11. The van der Waals surface area contributed by atoms with Gasteiger partial charge in [0.25, 0.3) is 5.91 Å². The summed E-state index contributed by atoms with van der Waals surface area (Å²) in [7, 11) is 0. The smallest absolute Gasteiger partial charge is 0.257 e. The zero-order chi connectivity index (χ0) is 17.5. The molecule has 25 heavy (non-hydrogen) atoms. The molecule has 0 unspecified atom stereocenters. The Morgan fingerprint density at radius 3 is 2.56 bits per heavy atom. The summed E-state index contributed by atoms with van der Waals surface area (Å²) in [5.41, 5.74) is 0.524. The van der Waals surface area contributed by atoms with Crippen LogP contribution in [0.1, 0.15) is 10.4 Å². The molecule has 0 saturated carbocycles. The average Bonchev–Trinajstić information content (AvgIpc) is 3.08. The molecule has 3 rings (SSSR count). The van der Waals surface area contributed by atoms with E-state index in [4.69, 9.17) is 4.74 Å². The zero-order valence-corrected chi connectivity index (χ0v) is 14.8. The molecular formula is C18H15N3O2S2. The van der Waals surface area contributed by atoms with Crippen molar-refractivity contribution in [3.63, 3.8) is 0 Å². The van der Waals surface area contributed by atoms with Crippen molar-refractivity contribution in [2.45, 2.75) is 4.34 Å². The van der Waals surface area contributed by atoms with Crippen LogP contribution in [0, 0.1) is 0 Å². The third kappa shape index (κ3) is 4.91. The number of benzene rings is 2. The lowest BCUT2D eigenvalue weighted by Gasteiger charge is -2.06. The maximum Gasteiger partial charge on any atom is 0.257 e. The predicted octanol–water partition coefficient (Wildman–Crippen LogP) is 4.86. The highest BCUT2D eigenvalue weighted by Gasteiger charge is 2.10. The van der Waals surface area contributed by atoms with E-state index in [9.17, 15) is 4.79 Å². The monoisotopic (exact) mass is 369 g/mol. The minimum absolute atomic E-state index is 0.234. The van der Waals surface area contributed by atoms with Crippen molar-refractivity contribution < 1.29 is 9.53 Å². The van der Waals surface area contributed by atoms with E-state index in [0.717, 1.165) is 15.8 Å². The SMILES string of the molecule is C=CCSc1nnc(NC(=O)c2ccc(Oc3ccccc3)cc2)s1. The van der Waals surface area contributed by atoms with Gasteiger partial charge in [0.1, 0.15) is 11.5 Å². The van der Waals surface area contributed by atoms with Crippen LogP contribution in [0.15, 0.2) is 71.6 Å². The number of amides is 1. The first-order chi connectivity index (χ1) is 12.2. The van der Waals surface area contributed by atoms with Gasteiger partial charge in [0.05, 0.1) is 0 Å². The molecule has 2 aromatic carbocycles. The van der Waals surface area contributed by atoms with Gasteiger partial charge < -0.3 is 4.74 Å². The Kier molecular flexibility index (Phi) is 5.81. The number of nitrogens with zero attached hydrogens (tertiary/aromatic N) is 2. The summed E-state index contributed by atoms with van der Waals surface area (Å²) in [5, 5.41) is 11.2. The van der Waals surface area contributed by atoms with Crippen molar-refractivity contribution in [2.75, 3.05) is 11.1 Å². The molecule has 1 aromatic heterocycles. The second-order valence-electron chi connectivity index (χ2n) is 4.87. The fourth-order valence-corrected chi connectivity index (χ4v) is 3.43. The zero-order valence-electron chi connectivity index (χ0n) is 13.2. The Labute approximate surface area is 153 Å². The summed E-state index contributed by atoms with van der Waals surface area (Å²) in [4.78, 5) is 12.3. The Bertz CT molecular complexity index is 848. The second kappa shape index (κ2) is 8.46. The van der Waals surface area contributed by atoms with Crippen LogP contribution in [-0.4, -0.2) is 21.9 Å². The molecule has 1 N–H and O–H groups in total. The molecule has 0 atom stereocenters. The maximum absolute atomic E-state index is 12.3. The normalized spacial score (nSPS) is 10.2. The topological polar surface area (TPSA) is 64.1 Å². The van der Waals surface area contributed by atoms with E-state index in [1.165, 1.54) is 23.1 Å². The molecule has 0 aliphatic rings. The molecule has 1 amide bonds. The van der Waals surface area contributed by atoms with Crippen LogP contribution in [0.4, 0.5) is 5.13 Å². The largest absolute Gasteiger partial charge is 0.457 e. The first-order valence-electron chi connectivity index (χ1n) is 7.46. The number of carbonyl (C=O) groups is 1. The van der Waals surface area contributed by atoms with Crippen LogP contribution in [-0.2, 0) is 0 Å². The highest BCUT2D eigenvalue weighted by Crippen LogP contribution is 2.26. The quantitative estimate of drug-likeness (QED) is 0.366. The highest BCUT2D eigenvalue weighted by atomic mass is 32.2. The van der Waals surface area contributed by atoms with Gasteiger partial charge in [-0.1, -0.05) is 47.4 Å². The number of hydrogen-bond donors (Lipinski definition) is 1. The molecule has 0 aliphatic carbocycles. The number of anilines is 1. The number of thioether (sulfide) groups is 1. The third-order valence-corrected chi connectivity index (χ3v) is 5.01. The van der Waals surface area contributed by atoms with Crippen molar-refractivity contribution in [3.8, 4) is 11.5 Å². The standard InChI is InChI=1S/C18H15N3O2S2/c1-2-12-24-18-21-20-17(25-18)19-16(22)13-8-10-15(11-9-13)23-14-6-4-3-5-7-14/h2-11H,1,12H2,(H,19,20,22). The molecule has 0 saturated heterocycles. The Hall–Kier alpha value is -2.64. The van der Waals surface area contributed by atoms with Crippen LogP contribution in [0.3, 0.4) is 0 Å². The Balaban J connectivity index is 1.60. The summed E-state index contributed by atoms with van der Waals surface area (Å²) < 4.78 is 6.50. The van der Waals surface area contributed by atoms with E-state index in [1.807, 2.05) is 30.3 Å². The summed E-state index contributed by atoms with van der Waals surface area (Å²) >= 11 is 2.86. The van der Waals surface area contributed by atoms with Gasteiger partial charge in [-0.25, -0.2) is 0 Å². The number of hydrogen-bond acceptors (Lipinski definition) is 6. The average molecular weight is 369 g/mol. The number of ether oxygens (including phenoxy) is 1. The molecule has 3 aromatic rings. The van der Waals surface area contributed by atoms with Crippen LogP contribution in [0.2, 0.25) is 0 Å². The molecule has 0 radical (unpaired) electrons. The van der Waals surface area contributed by atoms with Gasteiger partial charge in [-0.05, 0) is 36.4 Å². The number of aromatic nitrogens is 2. The van der Waals surface area contributed by atoms with E-state index in [2.05, 4.69) is 22.1 Å². The number of nitrogens with one attached hydrogen (secondary N) is 1. The fourth-order valence-electron chi connectivity index (χ4n) is 1.92. The Morgan fingerprint density at radius 1 is 1.12 bits per heavy atom. The van der Waals surface area contributed by atoms with Gasteiger partial charge >= 0.3 is 0 Å². The van der Waals surface area contributed by atoms with Crippen molar-refractivity contribution in [2.24, 2.45) is 0 Å². The summed E-state index contributed by atoms with van der Waals surface area (Å²) in [6.45, 7) is 3.66. The van der Waals surface area contributed by atoms with Gasteiger partial charge in [0.2, 0.25) is 5.13 Å². The molecule has 126 valence electrons. The predicted molar refractivity (Wildman–Crippen MR) is 102 cm³/mol. The van der Waals surface area contributed by atoms with Gasteiger partial charge in [-0.2, -0.15) is 0 Å². The molecule has 7 heteroatoms. The number of carbonyl (C=O) groups excluding carboxylic acids is 1. The van der Waals surface area contributed by atoms with E-state index >= 15 is 0 Å². The molecule has 5 nitrogen and oxygen atoms in total. The molecular weight excluding hydrogens is 354 g/mol. The molecule has 1 heterocycles. The van der Waals surface area contributed by atoms with Gasteiger partial charge in [0, 0.05) is 11.3 Å². The molecule has 0 spiro atoms. The molecule has 0 aliphatic heterocycles. The Morgan fingerprint density at radius 2 is 1.84 bits per heavy atom. The van der Waals surface area contributed by atoms with Crippen molar-refractivity contribution in [1.82, 2.24) is 10.2 Å². The first kappa shape index (κ1) is 17.2. The second-order valence-corrected chi connectivity index (χ2v) is 7.11. The van der Waals surface area contributed by atoms with Gasteiger partial charge in [-0.3, -0.25) is 10.1 Å². The summed E-state index contributed by atoms with van der Waals surface area (Å²) in [6, 6.07) is 16.4. The van der Waals surface area contributed by atoms with Crippen molar-refractivity contribution in [3.05, 3.63) is 72.8 Å². The third-order valence-electron chi connectivity index (χ3n) is 3.05. The lowest BCUT2D eigenvalue weighted by atomic mass is 10.2. The van der Waals surface area contributed by atoms with E-state index in [1.54, 1.807) is 30.3 Å². The first-order valence-corrected chi connectivity index (χ1v) is 9.26. The number of rotatable bonds is 7. The van der Waals surface area contributed by atoms with E-state index < -0.39 is 0 Å². The molecule has 0 bridgehead atoms. The molecule has 0 fully saturated rings. The minimum Gasteiger partial charge on any atom is -0.457 e. The van der Waals surface area contributed by atoms with Crippen molar-refractivity contribution in [1.29, 1.82) is 0 Å². The van der Waals surface area contributed by atoms with Gasteiger partial charge in [-0.15, -0.1) is 16.8 Å². The van der Waals surface area contributed by atoms with Crippen LogP contribution >= 0.6 is 23.1 Å². The van der Waals surface area contributed by atoms with Crippen molar-refractivity contribution >= 4 is 34.1 Å². The maximum atomic E-state index is 12.3. The van der Waals surface area contributed by atoms with E-state index in [0.29, 0.717) is 16.4 Å². The fraction of sp³-hybridized carbons (Fsp3) is 0.0556. The summed E-state index contributed by atoms with van der Waals surface area (Å²) in [5.74, 6) is 1.94. The highest BCUT2D eigenvalue weighted by molar-refractivity contribution is 8.01. The van der Waals surface area contributed by atoms with Gasteiger partial charge in [0.15, 0.2) is 4.34 Å². The van der Waals surface area contributed by atoms with Crippen LogP contribution in [0.25, 0.3) is 0 Å². The summed E-state index contributed by atoms with van der Waals surface area (Å²) in [6.07, 6.45) is 1.80. The van der Waals surface area contributed by atoms with Crippen LogP contribution < -0.4 is 10.1 Å². The van der Waals surface area contributed by atoms with E-state index in [-0.39, 0.29) is 5.91 Å². The minimum atomic E-state index is -0.234.